The van der Waals surface area contributed by atoms with Crippen LogP contribution in [0.1, 0.15) is 66.2 Å². The summed E-state index contributed by atoms with van der Waals surface area (Å²) in [6.45, 7) is 7.20. The maximum Gasteiger partial charge on any atom is 0.408 e. The molecule has 10 nitrogen and oxygen atoms in total. The number of fused-ring (bicyclic) bond motifs is 1. The third-order valence-corrected chi connectivity index (χ3v) is 7.48. The number of carboxylic acids is 1. The number of ether oxygens (including phenoxy) is 1. The molecule has 2 rings (SSSR count). The summed E-state index contributed by atoms with van der Waals surface area (Å²) in [5.74, 6) is -2.02. The fourth-order valence-electron chi connectivity index (χ4n) is 4.21. The third kappa shape index (κ3) is 7.18. The number of carbonyl (C=O) groups is 4. The van der Waals surface area contributed by atoms with Crippen molar-refractivity contribution in [3.05, 3.63) is 0 Å². The number of alkyl carbamates (subject to hydrolysis) is 1. The molecule has 0 aromatic carbocycles. The zero-order chi connectivity index (χ0) is 24.1. The fraction of sp³-hybridized carbons (Fsp3) is 0.810. The number of unbranched alkanes of at least 4 members (excludes halogenated alkanes) is 1. The van der Waals surface area contributed by atoms with Crippen molar-refractivity contribution in [3.63, 3.8) is 0 Å². The lowest BCUT2D eigenvalue weighted by Gasteiger charge is -2.23. The maximum absolute atomic E-state index is 12.0. The Labute approximate surface area is 193 Å². The topological polar surface area (TPSA) is 160 Å². The Hall–Kier alpha value is -2.17. The van der Waals surface area contributed by atoms with E-state index in [4.69, 9.17) is 10.5 Å². The van der Waals surface area contributed by atoms with Crippen molar-refractivity contribution in [2.24, 2.45) is 11.7 Å². The van der Waals surface area contributed by atoms with Crippen LogP contribution >= 0.6 is 11.8 Å². The minimum absolute atomic E-state index is 0.00230. The molecule has 4 amide bonds. The van der Waals surface area contributed by atoms with Gasteiger partial charge in [-0.25, -0.2) is 9.59 Å². The van der Waals surface area contributed by atoms with Crippen molar-refractivity contribution in [2.45, 2.75) is 100 Å². The third-order valence-electron chi connectivity index (χ3n) is 5.67. The Balaban J connectivity index is 1.97. The molecule has 0 aromatic heterocycles. The van der Waals surface area contributed by atoms with Crippen LogP contribution in [0.5, 0.6) is 0 Å². The molecule has 0 spiro atoms. The molecule has 2 saturated heterocycles. The number of carbonyl (C=O) groups excluding carboxylic acids is 3. The summed E-state index contributed by atoms with van der Waals surface area (Å²) in [5.41, 5.74) is 4.75. The van der Waals surface area contributed by atoms with Crippen LogP contribution in [0.4, 0.5) is 9.59 Å². The van der Waals surface area contributed by atoms with Crippen LogP contribution in [0.15, 0.2) is 0 Å². The number of nitrogens with one attached hydrogen (secondary N) is 3. The van der Waals surface area contributed by atoms with Gasteiger partial charge in [0.2, 0.25) is 5.91 Å². The first kappa shape index (κ1) is 26.1. The summed E-state index contributed by atoms with van der Waals surface area (Å²) in [7, 11) is 0. The van der Waals surface area contributed by atoms with Gasteiger partial charge in [0.25, 0.3) is 0 Å². The van der Waals surface area contributed by atoms with Gasteiger partial charge in [-0.05, 0) is 46.5 Å². The van der Waals surface area contributed by atoms with Crippen LogP contribution < -0.4 is 21.7 Å². The van der Waals surface area contributed by atoms with Crippen LogP contribution in [0.2, 0.25) is 0 Å². The van der Waals surface area contributed by atoms with Crippen molar-refractivity contribution in [3.8, 4) is 0 Å². The van der Waals surface area contributed by atoms with E-state index in [9.17, 15) is 24.3 Å². The molecule has 0 aromatic rings. The van der Waals surface area contributed by atoms with E-state index < -0.39 is 35.5 Å². The molecule has 0 aliphatic carbocycles. The predicted molar refractivity (Wildman–Crippen MR) is 121 cm³/mol. The van der Waals surface area contributed by atoms with E-state index in [1.54, 1.807) is 32.5 Å². The fourth-order valence-corrected chi connectivity index (χ4v) is 6.17. The summed E-state index contributed by atoms with van der Waals surface area (Å²) in [6.07, 6.45) is 3.12. The van der Waals surface area contributed by atoms with E-state index >= 15 is 0 Å². The van der Waals surface area contributed by atoms with E-state index in [2.05, 4.69) is 16.0 Å². The highest BCUT2D eigenvalue weighted by molar-refractivity contribution is 8.01. The van der Waals surface area contributed by atoms with E-state index in [1.165, 1.54) is 0 Å². The van der Waals surface area contributed by atoms with Crippen LogP contribution in [-0.4, -0.2) is 63.3 Å². The lowest BCUT2D eigenvalue weighted by atomic mass is 9.90. The monoisotopic (exact) mass is 472 g/mol. The van der Waals surface area contributed by atoms with Crippen molar-refractivity contribution in [1.29, 1.82) is 0 Å². The molecular formula is C21H36N4O6S. The molecular weight excluding hydrogens is 436 g/mol. The highest BCUT2D eigenvalue weighted by atomic mass is 32.2. The van der Waals surface area contributed by atoms with Crippen molar-refractivity contribution in [2.75, 3.05) is 0 Å². The summed E-state index contributed by atoms with van der Waals surface area (Å²) >= 11 is 1.59. The smallest absolute Gasteiger partial charge is 0.408 e. The molecule has 0 saturated carbocycles. The molecule has 6 atom stereocenters. The number of thioether (sulfide) groups is 1. The van der Waals surface area contributed by atoms with Crippen LogP contribution in [0, 0.1) is 5.92 Å². The lowest BCUT2D eigenvalue weighted by molar-refractivity contribution is -0.142. The van der Waals surface area contributed by atoms with Gasteiger partial charge >= 0.3 is 18.1 Å². The molecule has 32 heavy (non-hydrogen) atoms. The standard InChI is InChI=1S/C21H36N4O6S/c1-5-6-8-11(18(27)28)16-15-14(24-19(29)25-15)13(32-16)10-7-9-12(17(22)26)23-20(30)31-21(2,3)4/h11-16H,5-10H2,1-4H3,(H2,22,26)(H,23,30)(H,27,28)(H2,24,25,29)/t11?,12?,13?,14-,15-,16?/m1/s1. The molecule has 2 aliphatic heterocycles. The van der Waals surface area contributed by atoms with Gasteiger partial charge in [-0.1, -0.05) is 19.8 Å². The Morgan fingerprint density at radius 2 is 1.84 bits per heavy atom. The number of nitrogens with two attached hydrogens (primary N) is 1. The van der Waals surface area contributed by atoms with Gasteiger partial charge in [0.05, 0.1) is 18.0 Å². The molecule has 6 N–H and O–H groups in total. The summed E-state index contributed by atoms with van der Waals surface area (Å²) < 4.78 is 5.19. The minimum Gasteiger partial charge on any atom is -0.481 e. The van der Waals surface area contributed by atoms with Gasteiger partial charge in [-0.15, -0.1) is 11.8 Å². The molecule has 0 radical (unpaired) electrons. The first-order chi connectivity index (χ1) is 14.9. The quantitative estimate of drug-likeness (QED) is 0.287. The first-order valence-electron chi connectivity index (χ1n) is 11.2. The molecule has 0 bridgehead atoms. The number of amides is 4. The molecule has 182 valence electrons. The summed E-state index contributed by atoms with van der Waals surface area (Å²) in [4.78, 5) is 47.6. The molecule has 2 aliphatic rings. The Kier molecular flexibility index (Phi) is 9.06. The normalized spacial score (nSPS) is 26.4. The number of hydrogen-bond acceptors (Lipinski definition) is 6. The van der Waals surface area contributed by atoms with Crippen molar-refractivity contribution < 1.29 is 29.0 Å². The van der Waals surface area contributed by atoms with E-state index in [0.717, 1.165) is 12.8 Å². The van der Waals surface area contributed by atoms with Gasteiger partial charge in [0, 0.05) is 10.5 Å². The second-order valence-electron chi connectivity index (χ2n) is 9.43. The van der Waals surface area contributed by atoms with E-state index in [-0.39, 0.29) is 28.6 Å². The summed E-state index contributed by atoms with van der Waals surface area (Å²) in [6, 6.07) is -1.57. The number of urea groups is 1. The summed E-state index contributed by atoms with van der Waals surface area (Å²) in [5, 5.41) is 17.9. The van der Waals surface area contributed by atoms with Gasteiger partial charge in [0.15, 0.2) is 0 Å². The molecule has 11 heteroatoms. The average Bonchev–Trinajstić information content (AvgIpc) is 3.18. The lowest BCUT2D eigenvalue weighted by Crippen LogP contribution is -2.46. The number of carboxylic acid groups (broad SMARTS) is 1. The second-order valence-corrected chi connectivity index (χ2v) is 10.8. The number of rotatable bonds is 11. The minimum atomic E-state index is -0.865. The van der Waals surface area contributed by atoms with Gasteiger partial charge in [0.1, 0.15) is 11.6 Å². The van der Waals surface area contributed by atoms with Gasteiger partial charge < -0.3 is 31.5 Å². The van der Waals surface area contributed by atoms with E-state index in [0.29, 0.717) is 25.7 Å². The van der Waals surface area contributed by atoms with E-state index in [1.807, 2.05) is 6.92 Å². The van der Waals surface area contributed by atoms with Crippen LogP contribution in [0.3, 0.4) is 0 Å². The number of hydrogen-bond donors (Lipinski definition) is 5. The first-order valence-corrected chi connectivity index (χ1v) is 12.1. The molecule has 4 unspecified atom stereocenters. The highest BCUT2D eigenvalue weighted by Gasteiger charge is 2.52. The maximum atomic E-state index is 12.0. The molecule has 2 fully saturated rings. The number of aliphatic carboxylic acids is 1. The highest BCUT2D eigenvalue weighted by Crippen LogP contribution is 2.43. The Morgan fingerprint density at radius 1 is 1.19 bits per heavy atom. The Morgan fingerprint density at radius 3 is 2.41 bits per heavy atom. The van der Waals surface area contributed by atoms with Crippen molar-refractivity contribution in [1.82, 2.24) is 16.0 Å². The zero-order valence-corrected chi connectivity index (χ0v) is 20.0. The van der Waals surface area contributed by atoms with Gasteiger partial charge in [-0.3, -0.25) is 9.59 Å². The Bertz CT molecular complexity index is 713. The van der Waals surface area contributed by atoms with Crippen molar-refractivity contribution >= 4 is 35.8 Å². The second kappa shape index (κ2) is 11.1. The molecule has 2 heterocycles. The largest absolute Gasteiger partial charge is 0.481 e. The van der Waals surface area contributed by atoms with Crippen LogP contribution in [-0.2, 0) is 14.3 Å². The van der Waals surface area contributed by atoms with Gasteiger partial charge in [-0.2, -0.15) is 0 Å². The zero-order valence-electron chi connectivity index (χ0n) is 19.2. The van der Waals surface area contributed by atoms with Crippen LogP contribution in [0.25, 0.3) is 0 Å². The SMILES string of the molecule is CCCCC(C(=O)O)C1SC(CCCC(NC(=O)OC(C)(C)C)C(N)=O)[C@H]2NC(=O)N[C@@H]12. The number of primary amides is 1. The average molecular weight is 473 g/mol. The predicted octanol–water partition coefficient (Wildman–Crippen LogP) is 1.96.